The molecule has 5 nitrogen and oxygen atoms in total. The first-order valence-corrected chi connectivity index (χ1v) is 9.69. The number of carbonyl (C=O) groups excluding carboxylic acids is 2. The summed E-state index contributed by atoms with van der Waals surface area (Å²) in [4.78, 5) is 28.4. The van der Waals surface area contributed by atoms with Crippen molar-refractivity contribution in [1.29, 1.82) is 0 Å². The van der Waals surface area contributed by atoms with Crippen LogP contribution in [0.5, 0.6) is 0 Å². The van der Waals surface area contributed by atoms with Crippen LogP contribution in [0, 0.1) is 5.82 Å². The Labute approximate surface area is 165 Å². The van der Waals surface area contributed by atoms with E-state index in [-0.39, 0.29) is 23.8 Å². The van der Waals surface area contributed by atoms with E-state index in [4.69, 9.17) is 0 Å². The van der Waals surface area contributed by atoms with Crippen LogP contribution < -0.4 is 5.32 Å². The number of hydrogen-bond acceptors (Lipinski definition) is 2. The second-order valence-corrected chi connectivity index (χ2v) is 7.00. The maximum Gasteiger partial charge on any atom is 0.318 e. The van der Waals surface area contributed by atoms with Gasteiger partial charge < -0.3 is 15.1 Å². The number of hydrogen-bond donors (Lipinski definition) is 1. The van der Waals surface area contributed by atoms with Gasteiger partial charge in [0, 0.05) is 32.6 Å². The topological polar surface area (TPSA) is 52.7 Å². The average molecular weight is 383 g/mol. The van der Waals surface area contributed by atoms with Gasteiger partial charge in [0.2, 0.25) is 5.91 Å². The van der Waals surface area contributed by atoms with Gasteiger partial charge >= 0.3 is 6.03 Å². The van der Waals surface area contributed by atoms with Gasteiger partial charge in [-0.1, -0.05) is 42.5 Å². The molecule has 1 atom stereocenters. The van der Waals surface area contributed by atoms with Crippen molar-refractivity contribution in [3.05, 3.63) is 71.5 Å². The van der Waals surface area contributed by atoms with Crippen LogP contribution in [-0.2, 0) is 11.3 Å². The quantitative estimate of drug-likeness (QED) is 0.792. The number of rotatable bonds is 7. The van der Waals surface area contributed by atoms with Gasteiger partial charge in [-0.15, -0.1) is 0 Å². The number of amides is 3. The van der Waals surface area contributed by atoms with E-state index < -0.39 is 0 Å². The molecule has 1 N–H and O–H groups in total. The van der Waals surface area contributed by atoms with E-state index in [1.807, 2.05) is 37.3 Å². The summed E-state index contributed by atoms with van der Waals surface area (Å²) < 4.78 is 13.5. The zero-order chi connectivity index (χ0) is 19.9. The molecule has 2 aromatic carbocycles. The number of nitrogens with zero attached hydrogens (tertiary/aromatic N) is 2. The third-order valence-electron chi connectivity index (χ3n) is 5.01. The molecule has 0 saturated carbocycles. The number of urea groups is 1. The molecule has 6 heteroatoms. The van der Waals surface area contributed by atoms with Gasteiger partial charge in [0.05, 0.1) is 6.04 Å². The number of likely N-dealkylation sites (tertiary alicyclic amines) is 1. The zero-order valence-corrected chi connectivity index (χ0v) is 16.1. The van der Waals surface area contributed by atoms with Crippen molar-refractivity contribution in [3.8, 4) is 0 Å². The zero-order valence-electron chi connectivity index (χ0n) is 16.1. The first-order valence-electron chi connectivity index (χ1n) is 9.69. The highest BCUT2D eigenvalue weighted by molar-refractivity contribution is 5.78. The maximum absolute atomic E-state index is 13.5. The third kappa shape index (κ3) is 5.09. The predicted molar refractivity (Wildman–Crippen MR) is 106 cm³/mol. The molecule has 3 rings (SSSR count). The van der Waals surface area contributed by atoms with Crippen molar-refractivity contribution < 1.29 is 14.0 Å². The van der Waals surface area contributed by atoms with E-state index in [0.29, 0.717) is 26.1 Å². The number of nitrogens with one attached hydrogen (secondary N) is 1. The summed E-state index contributed by atoms with van der Waals surface area (Å²) in [6, 6.07) is 15.4. The second kappa shape index (κ2) is 9.35. The average Bonchev–Trinajstić information content (AvgIpc) is 3.10. The third-order valence-corrected chi connectivity index (χ3v) is 5.01. The molecule has 0 aliphatic carbocycles. The van der Waals surface area contributed by atoms with Crippen LogP contribution in [0.15, 0.2) is 54.6 Å². The van der Waals surface area contributed by atoms with Gasteiger partial charge in [-0.25, -0.2) is 9.18 Å². The fourth-order valence-corrected chi connectivity index (χ4v) is 3.46. The van der Waals surface area contributed by atoms with Crippen molar-refractivity contribution in [2.75, 3.05) is 19.6 Å². The maximum atomic E-state index is 13.5. The molecular formula is C22H26FN3O2. The fraction of sp³-hybridized carbons (Fsp3) is 0.364. The van der Waals surface area contributed by atoms with Crippen LogP contribution in [0.2, 0.25) is 0 Å². The SMILES string of the molecule is CCN(Cc1cccc(F)c1)C(=O)NC(CN1CCCC1=O)c1ccccc1. The minimum atomic E-state index is -0.316. The molecule has 148 valence electrons. The highest BCUT2D eigenvalue weighted by atomic mass is 19.1. The Balaban J connectivity index is 1.72. The van der Waals surface area contributed by atoms with Crippen molar-refractivity contribution in [3.63, 3.8) is 0 Å². The summed E-state index contributed by atoms with van der Waals surface area (Å²) in [6.45, 7) is 3.88. The second-order valence-electron chi connectivity index (χ2n) is 7.00. The van der Waals surface area contributed by atoms with Gasteiger partial charge in [0.1, 0.15) is 5.82 Å². The minimum absolute atomic E-state index is 0.127. The smallest absolute Gasteiger partial charge is 0.318 e. The van der Waals surface area contributed by atoms with Crippen LogP contribution in [-0.4, -0.2) is 41.4 Å². The van der Waals surface area contributed by atoms with E-state index in [1.165, 1.54) is 12.1 Å². The van der Waals surface area contributed by atoms with E-state index in [9.17, 15) is 14.0 Å². The summed E-state index contributed by atoms with van der Waals surface area (Å²) in [6.07, 6.45) is 1.42. The lowest BCUT2D eigenvalue weighted by Crippen LogP contribution is -2.44. The number of halogens is 1. The molecule has 1 heterocycles. The lowest BCUT2D eigenvalue weighted by Gasteiger charge is -2.29. The summed E-state index contributed by atoms with van der Waals surface area (Å²) in [5, 5.41) is 3.07. The normalized spacial score (nSPS) is 14.8. The van der Waals surface area contributed by atoms with E-state index in [0.717, 1.165) is 24.1 Å². The van der Waals surface area contributed by atoms with E-state index in [1.54, 1.807) is 21.9 Å². The molecule has 1 aliphatic heterocycles. The summed E-state index contributed by atoms with van der Waals surface area (Å²) in [5.74, 6) is -0.189. The van der Waals surface area contributed by atoms with Gasteiger partial charge in [0.25, 0.3) is 0 Å². The molecule has 1 unspecified atom stereocenters. The van der Waals surface area contributed by atoms with Crippen LogP contribution in [0.4, 0.5) is 9.18 Å². The van der Waals surface area contributed by atoms with Crippen molar-refractivity contribution in [1.82, 2.24) is 15.1 Å². The van der Waals surface area contributed by atoms with Gasteiger partial charge in [-0.2, -0.15) is 0 Å². The van der Waals surface area contributed by atoms with E-state index >= 15 is 0 Å². The Bertz CT molecular complexity index is 812. The molecular weight excluding hydrogens is 357 g/mol. The molecule has 1 fully saturated rings. The van der Waals surface area contributed by atoms with E-state index in [2.05, 4.69) is 5.32 Å². The van der Waals surface area contributed by atoms with Gasteiger partial charge in [0.15, 0.2) is 0 Å². The molecule has 2 aromatic rings. The van der Waals surface area contributed by atoms with Crippen molar-refractivity contribution >= 4 is 11.9 Å². The first-order chi connectivity index (χ1) is 13.6. The standard InChI is InChI=1S/C22H26FN3O2/c1-2-25(15-17-8-6-11-19(23)14-17)22(28)24-20(18-9-4-3-5-10-18)16-26-13-7-12-21(26)27/h3-6,8-11,14,20H,2,7,12-13,15-16H2,1H3,(H,24,28). The predicted octanol–water partition coefficient (Wildman–Crippen LogP) is 3.72. The van der Waals surface area contributed by atoms with Crippen LogP contribution in [0.1, 0.15) is 36.9 Å². The van der Waals surface area contributed by atoms with Crippen molar-refractivity contribution in [2.24, 2.45) is 0 Å². The van der Waals surface area contributed by atoms with Crippen LogP contribution >= 0.6 is 0 Å². The van der Waals surface area contributed by atoms with Crippen LogP contribution in [0.25, 0.3) is 0 Å². The molecule has 1 saturated heterocycles. The first kappa shape index (κ1) is 19.9. The summed E-state index contributed by atoms with van der Waals surface area (Å²) in [5.41, 5.74) is 1.69. The Kier molecular flexibility index (Phi) is 6.63. The summed E-state index contributed by atoms with van der Waals surface area (Å²) >= 11 is 0. The Morgan fingerprint density at radius 3 is 2.64 bits per heavy atom. The van der Waals surface area contributed by atoms with Crippen molar-refractivity contribution in [2.45, 2.75) is 32.4 Å². The number of benzene rings is 2. The highest BCUT2D eigenvalue weighted by Crippen LogP contribution is 2.19. The Morgan fingerprint density at radius 1 is 1.21 bits per heavy atom. The molecule has 28 heavy (non-hydrogen) atoms. The molecule has 0 radical (unpaired) electrons. The molecule has 0 bridgehead atoms. The largest absolute Gasteiger partial charge is 0.340 e. The van der Waals surface area contributed by atoms with Gasteiger partial charge in [-0.05, 0) is 36.6 Å². The summed E-state index contributed by atoms with van der Waals surface area (Å²) in [7, 11) is 0. The minimum Gasteiger partial charge on any atom is -0.340 e. The highest BCUT2D eigenvalue weighted by Gasteiger charge is 2.26. The Hall–Kier alpha value is -2.89. The lowest BCUT2D eigenvalue weighted by atomic mass is 10.1. The van der Waals surface area contributed by atoms with Gasteiger partial charge in [-0.3, -0.25) is 4.79 Å². The molecule has 0 spiro atoms. The molecule has 0 aromatic heterocycles. The Morgan fingerprint density at radius 2 is 2.00 bits per heavy atom. The monoisotopic (exact) mass is 383 g/mol. The molecule has 3 amide bonds. The number of carbonyl (C=O) groups is 2. The lowest BCUT2D eigenvalue weighted by molar-refractivity contribution is -0.128. The fourth-order valence-electron chi connectivity index (χ4n) is 3.46. The molecule has 1 aliphatic rings. The van der Waals surface area contributed by atoms with Crippen LogP contribution in [0.3, 0.4) is 0 Å².